The van der Waals surface area contributed by atoms with E-state index in [2.05, 4.69) is 18.9 Å². The zero-order valence-electron chi connectivity index (χ0n) is 7.82. The molecule has 0 aromatic heterocycles. The lowest BCUT2D eigenvalue weighted by molar-refractivity contribution is -0.130. The third-order valence-electron chi connectivity index (χ3n) is 2.72. The van der Waals surface area contributed by atoms with E-state index in [0.29, 0.717) is 25.0 Å². The highest BCUT2D eigenvalue weighted by molar-refractivity contribution is 5.36. The van der Waals surface area contributed by atoms with Crippen molar-refractivity contribution in [3.8, 4) is 0 Å². The molecular formula is C9H17NO2. The Labute approximate surface area is 73.7 Å². The molecule has 12 heavy (non-hydrogen) atoms. The van der Waals surface area contributed by atoms with Crippen LogP contribution in [0.1, 0.15) is 19.8 Å². The van der Waals surface area contributed by atoms with Crippen LogP contribution in [0.2, 0.25) is 0 Å². The van der Waals surface area contributed by atoms with Crippen LogP contribution in [0.4, 0.5) is 0 Å². The molecule has 0 N–H and O–H groups in total. The smallest absolute Gasteiger partial charge is 0.293 e. The van der Waals surface area contributed by atoms with Gasteiger partial charge in [0.05, 0.1) is 6.61 Å². The average Bonchev–Trinajstić information content (AvgIpc) is 2.07. The molecule has 0 saturated carbocycles. The monoisotopic (exact) mass is 171 g/mol. The Morgan fingerprint density at radius 3 is 3.00 bits per heavy atom. The number of piperidine rings is 1. The molecule has 1 saturated heterocycles. The summed E-state index contributed by atoms with van der Waals surface area (Å²) < 4.78 is 4.76. The van der Waals surface area contributed by atoms with Gasteiger partial charge in [0.25, 0.3) is 6.47 Å². The third kappa shape index (κ3) is 2.48. The molecule has 1 heterocycles. The lowest BCUT2D eigenvalue weighted by atomic mass is 9.93. The van der Waals surface area contributed by atoms with Crippen molar-refractivity contribution in [2.24, 2.45) is 5.92 Å². The normalized spacial score (nSPS) is 31.5. The summed E-state index contributed by atoms with van der Waals surface area (Å²) in [5.41, 5.74) is 0. The van der Waals surface area contributed by atoms with Gasteiger partial charge in [0, 0.05) is 6.04 Å². The molecule has 2 atom stereocenters. The van der Waals surface area contributed by atoms with Gasteiger partial charge >= 0.3 is 0 Å². The summed E-state index contributed by atoms with van der Waals surface area (Å²) >= 11 is 0. The number of ether oxygens (including phenoxy) is 1. The number of hydrogen-bond donors (Lipinski definition) is 0. The van der Waals surface area contributed by atoms with E-state index >= 15 is 0 Å². The van der Waals surface area contributed by atoms with Gasteiger partial charge in [-0.1, -0.05) is 0 Å². The summed E-state index contributed by atoms with van der Waals surface area (Å²) in [6.45, 7) is 4.48. The largest absolute Gasteiger partial charge is 0.468 e. The molecule has 0 aromatic rings. The second-order valence-corrected chi connectivity index (χ2v) is 3.65. The molecule has 1 rings (SSSR count). The van der Waals surface area contributed by atoms with Crippen LogP contribution < -0.4 is 0 Å². The zero-order chi connectivity index (χ0) is 8.97. The van der Waals surface area contributed by atoms with E-state index < -0.39 is 0 Å². The molecule has 1 fully saturated rings. The number of nitrogens with zero attached hydrogens (tertiary/aromatic N) is 1. The van der Waals surface area contributed by atoms with Crippen LogP contribution in [0, 0.1) is 5.92 Å². The van der Waals surface area contributed by atoms with Gasteiger partial charge < -0.3 is 9.64 Å². The fourth-order valence-electron chi connectivity index (χ4n) is 1.71. The number of rotatable bonds is 3. The van der Waals surface area contributed by atoms with Gasteiger partial charge in [-0.05, 0) is 39.3 Å². The summed E-state index contributed by atoms with van der Waals surface area (Å²) in [5.74, 6) is 0.571. The highest BCUT2D eigenvalue weighted by Crippen LogP contribution is 2.21. The zero-order valence-corrected chi connectivity index (χ0v) is 7.82. The van der Waals surface area contributed by atoms with Crippen molar-refractivity contribution in [2.75, 3.05) is 20.2 Å². The highest BCUT2D eigenvalue weighted by atomic mass is 16.5. The third-order valence-corrected chi connectivity index (χ3v) is 2.72. The molecule has 0 spiro atoms. The second-order valence-electron chi connectivity index (χ2n) is 3.65. The Morgan fingerprint density at radius 1 is 1.67 bits per heavy atom. The van der Waals surface area contributed by atoms with Gasteiger partial charge in [0.1, 0.15) is 0 Å². The minimum absolute atomic E-state index is 0.545. The molecule has 70 valence electrons. The van der Waals surface area contributed by atoms with Crippen molar-refractivity contribution in [3.05, 3.63) is 0 Å². The minimum Gasteiger partial charge on any atom is -0.468 e. The van der Waals surface area contributed by atoms with Crippen LogP contribution in [0.3, 0.4) is 0 Å². The van der Waals surface area contributed by atoms with Gasteiger partial charge in [-0.25, -0.2) is 0 Å². The first-order chi connectivity index (χ1) is 5.74. The summed E-state index contributed by atoms with van der Waals surface area (Å²) in [6, 6.07) is 0.624. The molecule has 2 unspecified atom stereocenters. The van der Waals surface area contributed by atoms with Gasteiger partial charge in [-0.3, -0.25) is 4.79 Å². The molecule has 0 bridgehead atoms. The molecule has 1 aliphatic rings. The Balaban J connectivity index is 2.25. The Morgan fingerprint density at radius 2 is 2.42 bits per heavy atom. The molecular weight excluding hydrogens is 154 g/mol. The van der Waals surface area contributed by atoms with Crippen molar-refractivity contribution < 1.29 is 9.53 Å². The van der Waals surface area contributed by atoms with Crippen LogP contribution in [0.15, 0.2) is 0 Å². The summed E-state index contributed by atoms with van der Waals surface area (Å²) in [7, 11) is 2.14. The standard InChI is InChI=1S/C9H17NO2/c1-8-5-9(6-12-7-11)3-4-10(8)2/h7-9H,3-6H2,1-2H3. The molecule has 1 aliphatic heterocycles. The summed E-state index contributed by atoms with van der Waals surface area (Å²) in [5, 5.41) is 0. The Kier molecular flexibility index (Phi) is 3.53. The average molecular weight is 171 g/mol. The number of carbonyl (C=O) groups excluding carboxylic acids is 1. The predicted octanol–water partition coefficient (Wildman–Crippen LogP) is 0.890. The highest BCUT2D eigenvalue weighted by Gasteiger charge is 2.22. The number of likely N-dealkylation sites (tertiary alicyclic amines) is 1. The Bertz CT molecular complexity index is 149. The van der Waals surface area contributed by atoms with Crippen LogP contribution in [-0.4, -0.2) is 37.6 Å². The SMILES string of the molecule is CC1CC(COC=O)CCN1C. The quantitative estimate of drug-likeness (QED) is 0.591. The first kappa shape index (κ1) is 9.52. The maximum atomic E-state index is 9.96. The fourth-order valence-corrected chi connectivity index (χ4v) is 1.71. The van der Waals surface area contributed by atoms with Crippen LogP contribution >= 0.6 is 0 Å². The maximum absolute atomic E-state index is 9.96. The van der Waals surface area contributed by atoms with Gasteiger partial charge in [0.15, 0.2) is 0 Å². The van der Waals surface area contributed by atoms with Crippen molar-refractivity contribution >= 4 is 6.47 Å². The van der Waals surface area contributed by atoms with Crippen molar-refractivity contribution in [3.63, 3.8) is 0 Å². The first-order valence-corrected chi connectivity index (χ1v) is 4.49. The Hall–Kier alpha value is -0.570. The fraction of sp³-hybridized carbons (Fsp3) is 0.889. The van der Waals surface area contributed by atoms with E-state index in [1.807, 2.05) is 0 Å². The number of carbonyl (C=O) groups is 1. The summed E-state index contributed by atoms with van der Waals surface area (Å²) in [6.07, 6.45) is 2.29. The van der Waals surface area contributed by atoms with Crippen LogP contribution in [0.5, 0.6) is 0 Å². The molecule has 0 aliphatic carbocycles. The number of hydrogen-bond acceptors (Lipinski definition) is 3. The molecule has 0 aromatic carbocycles. The van der Waals surface area contributed by atoms with E-state index in [1.54, 1.807) is 0 Å². The first-order valence-electron chi connectivity index (χ1n) is 4.49. The molecule has 0 amide bonds. The predicted molar refractivity (Wildman–Crippen MR) is 46.8 cm³/mol. The van der Waals surface area contributed by atoms with E-state index in [-0.39, 0.29) is 0 Å². The molecule has 3 heteroatoms. The van der Waals surface area contributed by atoms with Crippen molar-refractivity contribution in [1.82, 2.24) is 4.90 Å². The molecule has 3 nitrogen and oxygen atoms in total. The van der Waals surface area contributed by atoms with Gasteiger partial charge in [-0.15, -0.1) is 0 Å². The van der Waals surface area contributed by atoms with Gasteiger partial charge in [0.2, 0.25) is 0 Å². The van der Waals surface area contributed by atoms with Crippen LogP contribution in [-0.2, 0) is 9.53 Å². The van der Waals surface area contributed by atoms with E-state index in [1.165, 1.54) is 0 Å². The van der Waals surface area contributed by atoms with Crippen molar-refractivity contribution in [2.45, 2.75) is 25.8 Å². The second kappa shape index (κ2) is 4.45. The van der Waals surface area contributed by atoms with Gasteiger partial charge in [-0.2, -0.15) is 0 Å². The lowest BCUT2D eigenvalue weighted by Crippen LogP contribution is -2.38. The molecule has 0 radical (unpaired) electrons. The maximum Gasteiger partial charge on any atom is 0.293 e. The van der Waals surface area contributed by atoms with E-state index in [0.717, 1.165) is 19.4 Å². The summed E-state index contributed by atoms with van der Waals surface area (Å²) in [4.78, 5) is 12.3. The van der Waals surface area contributed by atoms with E-state index in [4.69, 9.17) is 4.74 Å². The topological polar surface area (TPSA) is 29.5 Å². The van der Waals surface area contributed by atoms with Crippen molar-refractivity contribution in [1.29, 1.82) is 0 Å². The lowest BCUT2D eigenvalue weighted by Gasteiger charge is -2.34. The van der Waals surface area contributed by atoms with E-state index in [9.17, 15) is 4.79 Å². The van der Waals surface area contributed by atoms with Crippen LogP contribution in [0.25, 0.3) is 0 Å². The minimum atomic E-state index is 0.545.